The third-order valence-corrected chi connectivity index (χ3v) is 7.89. The van der Waals surface area contributed by atoms with Gasteiger partial charge in [-0.15, -0.1) is 0 Å². The molecule has 0 aliphatic heterocycles. The first-order valence-corrected chi connectivity index (χ1v) is 14.5. The van der Waals surface area contributed by atoms with Crippen molar-refractivity contribution in [2.45, 2.75) is 51.4 Å². The van der Waals surface area contributed by atoms with Crippen LogP contribution >= 0.6 is 0 Å². The van der Waals surface area contributed by atoms with Crippen molar-refractivity contribution in [1.82, 2.24) is 15.5 Å². The van der Waals surface area contributed by atoms with Crippen LogP contribution < -0.4 is 10.6 Å². The smallest absolute Gasteiger partial charge is 0.251 e. The summed E-state index contributed by atoms with van der Waals surface area (Å²) in [6.07, 6.45) is -0.359. The van der Waals surface area contributed by atoms with E-state index >= 15 is 0 Å². The zero-order valence-electron chi connectivity index (χ0n) is 24.8. The van der Waals surface area contributed by atoms with Crippen LogP contribution in [-0.4, -0.2) is 47.6 Å². The summed E-state index contributed by atoms with van der Waals surface area (Å²) in [5.74, 6) is -0.590. The van der Waals surface area contributed by atoms with E-state index in [1.165, 1.54) is 0 Å². The quantitative estimate of drug-likeness (QED) is 0.201. The van der Waals surface area contributed by atoms with Crippen molar-refractivity contribution in [3.05, 3.63) is 143 Å². The average Bonchev–Trinajstić information content (AvgIpc) is 3.01. The van der Waals surface area contributed by atoms with Gasteiger partial charge < -0.3 is 15.7 Å². The SMILES string of the molecule is Cc1ccccc1C(C)NC(=O)c1cccc(C(=O)N[C@@H](Cc2ccccc2)[C@H](O)CN(C)[C@@H](C)c2ccccc2)c1. The second-order valence-electron chi connectivity index (χ2n) is 11.0. The number of carbonyl (C=O) groups excluding carboxylic acids is 2. The lowest BCUT2D eigenvalue weighted by Gasteiger charge is -2.31. The molecule has 0 bridgehead atoms. The van der Waals surface area contributed by atoms with Gasteiger partial charge in [0.1, 0.15) is 0 Å². The zero-order valence-corrected chi connectivity index (χ0v) is 24.8. The summed E-state index contributed by atoms with van der Waals surface area (Å²) in [7, 11) is 1.97. The minimum Gasteiger partial charge on any atom is -0.390 e. The van der Waals surface area contributed by atoms with E-state index in [9.17, 15) is 14.7 Å². The maximum atomic E-state index is 13.5. The maximum absolute atomic E-state index is 13.5. The molecule has 4 rings (SSSR count). The molecule has 4 aromatic carbocycles. The van der Waals surface area contributed by atoms with Crippen molar-refractivity contribution in [3.63, 3.8) is 0 Å². The van der Waals surface area contributed by atoms with Crippen LogP contribution in [-0.2, 0) is 6.42 Å². The van der Waals surface area contributed by atoms with Crippen molar-refractivity contribution >= 4 is 11.8 Å². The highest BCUT2D eigenvalue weighted by Crippen LogP contribution is 2.20. The third kappa shape index (κ3) is 8.15. The van der Waals surface area contributed by atoms with Gasteiger partial charge >= 0.3 is 0 Å². The summed E-state index contributed by atoms with van der Waals surface area (Å²) in [5.41, 5.74) is 5.08. The molecule has 3 N–H and O–H groups in total. The molecule has 0 aliphatic carbocycles. The number of amides is 2. The van der Waals surface area contributed by atoms with Crippen LogP contribution in [0.3, 0.4) is 0 Å². The van der Waals surface area contributed by atoms with Crippen molar-refractivity contribution in [1.29, 1.82) is 0 Å². The Morgan fingerprint density at radius 1 is 0.762 bits per heavy atom. The van der Waals surface area contributed by atoms with Gasteiger partial charge in [0.2, 0.25) is 0 Å². The molecule has 0 radical (unpaired) electrons. The summed E-state index contributed by atoms with van der Waals surface area (Å²) >= 11 is 0. The van der Waals surface area contributed by atoms with Gasteiger partial charge in [-0.05, 0) is 74.7 Å². The lowest BCUT2D eigenvalue weighted by Crippen LogP contribution is -2.49. The van der Waals surface area contributed by atoms with E-state index in [1.54, 1.807) is 24.3 Å². The van der Waals surface area contributed by atoms with Gasteiger partial charge in [0.25, 0.3) is 11.8 Å². The number of nitrogens with one attached hydrogen (secondary N) is 2. The zero-order chi connectivity index (χ0) is 30.1. The van der Waals surface area contributed by atoms with Crippen LogP contribution in [0.15, 0.2) is 109 Å². The molecule has 0 saturated heterocycles. The van der Waals surface area contributed by atoms with Crippen LogP contribution in [0.5, 0.6) is 0 Å². The Kier molecular flexibility index (Phi) is 10.7. The molecule has 6 heteroatoms. The number of aryl methyl sites for hydroxylation is 1. The molecule has 4 atom stereocenters. The van der Waals surface area contributed by atoms with Gasteiger partial charge in [-0.1, -0.05) is 91.0 Å². The second-order valence-corrected chi connectivity index (χ2v) is 11.0. The summed E-state index contributed by atoms with van der Waals surface area (Å²) in [6, 6.07) is 34.0. The molecule has 218 valence electrons. The molecule has 0 aliphatic rings. The van der Waals surface area contributed by atoms with Crippen LogP contribution in [0.2, 0.25) is 0 Å². The molecule has 1 unspecified atom stereocenters. The number of nitrogens with zero attached hydrogens (tertiary/aromatic N) is 1. The fraction of sp³-hybridized carbons (Fsp3) is 0.278. The van der Waals surface area contributed by atoms with E-state index in [2.05, 4.69) is 34.6 Å². The minimum absolute atomic E-state index is 0.0891. The predicted octanol–water partition coefficient (Wildman–Crippen LogP) is 5.88. The maximum Gasteiger partial charge on any atom is 0.251 e. The summed E-state index contributed by atoms with van der Waals surface area (Å²) in [6.45, 7) is 6.43. The molecule has 0 saturated carbocycles. The highest BCUT2D eigenvalue weighted by atomic mass is 16.3. The lowest BCUT2D eigenvalue weighted by molar-refractivity contribution is 0.0656. The van der Waals surface area contributed by atoms with Crippen molar-refractivity contribution in [3.8, 4) is 0 Å². The number of carbonyl (C=O) groups is 2. The molecular weight excluding hydrogens is 522 g/mol. The van der Waals surface area contributed by atoms with Gasteiger partial charge in [-0.2, -0.15) is 0 Å². The largest absolute Gasteiger partial charge is 0.390 e. The van der Waals surface area contributed by atoms with Gasteiger partial charge in [0.15, 0.2) is 0 Å². The number of hydrogen-bond donors (Lipinski definition) is 3. The van der Waals surface area contributed by atoms with Crippen molar-refractivity contribution in [2.24, 2.45) is 0 Å². The van der Waals surface area contributed by atoms with E-state index in [-0.39, 0.29) is 23.9 Å². The molecule has 4 aromatic rings. The molecular formula is C36H41N3O3. The molecule has 0 aromatic heterocycles. The van der Waals surface area contributed by atoms with Gasteiger partial charge in [-0.3, -0.25) is 14.5 Å². The molecule has 0 heterocycles. The van der Waals surface area contributed by atoms with E-state index in [1.807, 2.05) is 93.7 Å². The number of aliphatic hydroxyl groups excluding tert-OH is 1. The first kappa shape index (κ1) is 30.7. The van der Waals surface area contributed by atoms with Crippen molar-refractivity contribution < 1.29 is 14.7 Å². The number of hydrogen-bond acceptors (Lipinski definition) is 4. The third-order valence-electron chi connectivity index (χ3n) is 7.89. The van der Waals surface area contributed by atoms with Gasteiger partial charge in [-0.25, -0.2) is 0 Å². The second kappa shape index (κ2) is 14.6. The van der Waals surface area contributed by atoms with Crippen LogP contribution in [0.1, 0.15) is 68.9 Å². The van der Waals surface area contributed by atoms with Crippen LogP contribution in [0, 0.1) is 6.92 Å². The first-order valence-electron chi connectivity index (χ1n) is 14.5. The Bertz CT molecular complexity index is 1460. The molecule has 2 amide bonds. The van der Waals surface area contributed by atoms with E-state index in [0.717, 1.165) is 22.3 Å². The summed E-state index contributed by atoms with van der Waals surface area (Å²) in [5, 5.41) is 17.5. The molecule has 42 heavy (non-hydrogen) atoms. The number of benzene rings is 4. The fourth-order valence-corrected chi connectivity index (χ4v) is 5.20. The topological polar surface area (TPSA) is 81.7 Å². The molecule has 0 spiro atoms. The van der Waals surface area contributed by atoms with Gasteiger partial charge in [0, 0.05) is 23.7 Å². The van der Waals surface area contributed by atoms with Gasteiger partial charge in [0.05, 0.1) is 18.2 Å². The average molecular weight is 564 g/mol. The minimum atomic E-state index is -0.827. The Labute approximate surface area is 249 Å². The summed E-state index contributed by atoms with van der Waals surface area (Å²) < 4.78 is 0. The number of likely N-dealkylation sites (N-methyl/N-ethyl adjacent to an activating group) is 1. The Morgan fingerprint density at radius 3 is 1.98 bits per heavy atom. The van der Waals surface area contributed by atoms with E-state index < -0.39 is 12.1 Å². The number of rotatable bonds is 12. The highest BCUT2D eigenvalue weighted by molar-refractivity contribution is 5.99. The van der Waals surface area contributed by atoms with Crippen LogP contribution in [0.4, 0.5) is 0 Å². The molecule has 0 fully saturated rings. The number of aliphatic hydroxyl groups is 1. The molecule has 6 nitrogen and oxygen atoms in total. The standard InChI is InChI=1S/C36H41N3O3/c1-25-14-11-12-21-32(25)26(2)37-35(41)30-19-13-20-31(23-30)36(42)38-33(22-28-15-7-5-8-16-28)34(40)24-39(4)27(3)29-17-9-6-10-18-29/h5-21,23,26-27,33-34,40H,22,24H2,1-4H3,(H,37,41)(H,38,42)/t26?,27-,33-,34+/m0/s1. The van der Waals surface area contributed by atoms with Crippen molar-refractivity contribution in [2.75, 3.05) is 13.6 Å². The Balaban J connectivity index is 1.47. The van der Waals surface area contributed by atoms with E-state index in [0.29, 0.717) is 24.1 Å². The normalized spacial score (nSPS) is 14.0. The monoisotopic (exact) mass is 563 g/mol. The first-order chi connectivity index (χ1) is 20.2. The lowest BCUT2D eigenvalue weighted by atomic mass is 9.99. The Hall–Kier alpha value is -4.26. The Morgan fingerprint density at radius 2 is 1.33 bits per heavy atom. The highest BCUT2D eigenvalue weighted by Gasteiger charge is 2.26. The fourth-order valence-electron chi connectivity index (χ4n) is 5.20. The van der Waals surface area contributed by atoms with E-state index in [4.69, 9.17) is 0 Å². The van der Waals surface area contributed by atoms with Crippen LogP contribution in [0.25, 0.3) is 0 Å². The summed E-state index contributed by atoms with van der Waals surface area (Å²) in [4.78, 5) is 28.7. The predicted molar refractivity (Wildman–Crippen MR) is 168 cm³/mol.